The normalized spacial score (nSPS) is 29.5. The van der Waals surface area contributed by atoms with Crippen LogP contribution in [0.1, 0.15) is 68.1 Å². The molecule has 0 saturated heterocycles. The van der Waals surface area contributed by atoms with E-state index in [0.29, 0.717) is 30.9 Å². The van der Waals surface area contributed by atoms with Gasteiger partial charge in [0, 0.05) is 30.9 Å². The van der Waals surface area contributed by atoms with Crippen LogP contribution < -0.4 is 14.8 Å². The maximum absolute atomic E-state index is 15.5. The summed E-state index contributed by atoms with van der Waals surface area (Å²) in [4.78, 5) is 12.8. The standard InChI is InChI=1S/C30H37F2NO4/c1-29-11-10-25-24-8-6-21(34)14-19(24)4-7-26(25)28(29)20(16-30(29,31)32)5-9-27(35)33-17-18-12-22(36-2)15-23(13-18)37-3/h6,8,12-15,20,25-26,28,34H,4-5,7,9-11,16-17H2,1-3H3,(H,33,35)/t20-,25?,26?,28?,29+/m1/s1. The third-order valence-electron chi connectivity index (χ3n) is 9.47. The van der Waals surface area contributed by atoms with Gasteiger partial charge in [-0.15, -0.1) is 0 Å². The van der Waals surface area contributed by atoms with E-state index < -0.39 is 11.3 Å². The Morgan fingerprint density at radius 3 is 2.54 bits per heavy atom. The predicted octanol–water partition coefficient (Wildman–Crippen LogP) is 6.22. The highest BCUT2D eigenvalue weighted by atomic mass is 19.3. The third kappa shape index (κ3) is 4.66. The van der Waals surface area contributed by atoms with Gasteiger partial charge in [0.15, 0.2) is 0 Å². The Morgan fingerprint density at radius 2 is 1.84 bits per heavy atom. The summed E-state index contributed by atoms with van der Waals surface area (Å²) in [7, 11) is 3.15. The molecule has 1 amide bonds. The number of ether oxygens (including phenoxy) is 2. The number of carbonyl (C=O) groups excluding carboxylic acids is 1. The predicted molar refractivity (Wildman–Crippen MR) is 137 cm³/mol. The number of hydrogen-bond donors (Lipinski definition) is 2. The van der Waals surface area contributed by atoms with Gasteiger partial charge in [0.25, 0.3) is 5.92 Å². The van der Waals surface area contributed by atoms with Crippen LogP contribution in [0.25, 0.3) is 0 Å². The molecule has 0 spiro atoms. The maximum Gasteiger partial charge on any atom is 0.253 e. The van der Waals surface area contributed by atoms with Crippen LogP contribution in [0.3, 0.4) is 0 Å². The molecule has 0 aromatic heterocycles. The quantitative estimate of drug-likeness (QED) is 0.461. The van der Waals surface area contributed by atoms with Crippen LogP contribution in [-0.2, 0) is 17.8 Å². The Balaban J connectivity index is 1.28. The number of methoxy groups -OCH3 is 2. The van der Waals surface area contributed by atoms with Crippen LogP contribution in [-0.4, -0.2) is 31.2 Å². The molecule has 5 nitrogen and oxygen atoms in total. The van der Waals surface area contributed by atoms with E-state index in [1.54, 1.807) is 33.3 Å². The SMILES string of the molecule is COc1cc(CNC(=O)CC[C@@H]2CC(F)(F)[C@@]3(C)CCC4c5ccc(O)cc5CCC4C23)cc(OC)c1. The second-order valence-corrected chi connectivity index (χ2v) is 11.4. The first-order chi connectivity index (χ1) is 17.6. The van der Waals surface area contributed by atoms with Gasteiger partial charge in [-0.2, -0.15) is 0 Å². The van der Waals surface area contributed by atoms with Gasteiger partial charge in [-0.05, 0) is 96.7 Å². The first kappa shape index (κ1) is 25.8. The first-order valence-electron chi connectivity index (χ1n) is 13.3. The number of amides is 1. The fourth-order valence-corrected chi connectivity index (χ4v) is 7.66. The molecule has 0 bridgehead atoms. The lowest BCUT2D eigenvalue weighted by atomic mass is 9.53. The summed E-state index contributed by atoms with van der Waals surface area (Å²) >= 11 is 0. The summed E-state index contributed by atoms with van der Waals surface area (Å²) in [5.74, 6) is -1.17. The average molecular weight is 514 g/mol. The summed E-state index contributed by atoms with van der Waals surface area (Å²) in [5, 5.41) is 12.9. The lowest BCUT2D eigenvalue weighted by Crippen LogP contribution is -2.47. The van der Waals surface area contributed by atoms with E-state index in [-0.39, 0.29) is 48.2 Å². The largest absolute Gasteiger partial charge is 0.508 e. The molecule has 5 atom stereocenters. The van der Waals surface area contributed by atoms with Crippen molar-refractivity contribution in [3.05, 3.63) is 53.1 Å². The fraction of sp³-hybridized carbons (Fsp3) is 0.567. The molecule has 2 saturated carbocycles. The van der Waals surface area contributed by atoms with Crippen molar-refractivity contribution < 1.29 is 28.2 Å². The number of aromatic hydroxyl groups is 1. The molecule has 37 heavy (non-hydrogen) atoms. The summed E-state index contributed by atoms with van der Waals surface area (Å²) in [6.45, 7) is 2.11. The highest BCUT2D eigenvalue weighted by molar-refractivity contribution is 5.75. The molecule has 0 heterocycles. The second kappa shape index (κ2) is 9.80. The van der Waals surface area contributed by atoms with Gasteiger partial charge >= 0.3 is 0 Å². The van der Waals surface area contributed by atoms with Crippen molar-refractivity contribution >= 4 is 5.91 Å². The maximum atomic E-state index is 15.5. The van der Waals surface area contributed by atoms with E-state index in [2.05, 4.69) is 5.32 Å². The minimum atomic E-state index is -2.73. The van der Waals surface area contributed by atoms with E-state index in [0.717, 1.165) is 30.4 Å². The molecule has 2 fully saturated rings. The first-order valence-corrected chi connectivity index (χ1v) is 13.3. The zero-order valence-corrected chi connectivity index (χ0v) is 21.9. The van der Waals surface area contributed by atoms with E-state index in [1.807, 2.05) is 24.3 Å². The Morgan fingerprint density at radius 1 is 1.11 bits per heavy atom. The summed E-state index contributed by atoms with van der Waals surface area (Å²) in [6, 6.07) is 11.0. The molecule has 200 valence electrons. The van der Waals surface area contributed by atoms with Crippen molar-refractivity contribution in [3.8, 4) is 17.2 Å². The smallest absolute Gasteiger partial charge is 0.253 e. The van der Waals surface area contributed by atoms with Crippen LogP contribution in [0, 0.1) is 23.2 Å². The van der Waals surface area contributed by atoms with Gasteiger partial charge in [0.1, 0.15) is 17.2 Å². The van der Waals surface area contributed by atoms with Crippen molar-refractivity contribution in [2.24, 2.45) is 23.2 Å². The van der Waals surface area contributed by atoms with E-state index in [9.17, 15) is 9.90 Å². The van der Waals surface area contributed by atoms with E-state index in [4.69, 9.17) is 9.47 Å². The van der Waals surface area contributed by atoms with Gasteiger partial charge in [-0.1, -0.05) is 13.0 Å². The molecule has 7 heteroatoms. The van der Waals surface area contributed by atoms with Crippen LogP contribution >= 0.6 is 0 Å². The number of aryl methyl sites for hydroxylation is 1. The Kier molecular flexibility index (Phi) is 6.84. The lowest BCUT2D eigenvalue weighted by Gasteiger charge is -2.51. The van der Waals surface area contributed by atoms with E-state index >= 15 is 8.78 Å². The number of halogens is 2. The Labute approximate surface area is 217 Å². The molecule has 5 rings (SSSR count). The van der Waals surface area contributed by atoms with Crippen molar-refractivity contribution in [2.75, 3.05) is 14.2 Å². The fourth-order valence-electron chi connectivity index (χ4n) is 7.66. The summed E-state index contributed by atoms with van der Waals surface area (Å²) in [5.41, 5.74) is 2.20. The zero-order chi connectivity index (χ0) is 26.4. The van der Waals surface area contributed by atoms with E-state index in [1.165, 1.54) is 5.56 Å². The number of phenolic OH excluding ortho intramolecular Hbond substituents is 1. The molecule has 3 unspecified atom stereocenters. The van der Waals surface area contributed by atoms with Crippen molar-refractivity contribution in [1.29, 1.82) is 0 Å². The number of alkyl halides is 2. The number of phenols is 1. The van der Waals surface area contributed by atoms with Crippen LogP contribution in [0.2, 0.25) is 0 Å². The van der Waals surface area contributed by atoms with Crippen molar-refractivity contribution in [2.45, 2.75) is 70.3 Å². The second-order valence-electron chi connectivity index (χ2n) is 11.4. The van der Waals surface area contributed by atoms with Gasteiger partial charge in [0.05, 0.1) is 14.2 Å². The van der Waals surface area contributed by atoms with Gasteiger partial charge in [-0.3, -0.25) is 4.79 Å². The highest BCUT2D eigenvalue weighted by Crippen LogP contribution is 2.68. The molecule has 0 aliphatic heterocycles. The minimum Gasteiger partial charge on any atom is -0.508 e. The average Bonchev–Trinajstić information content (AvgIpc) is 3.10. The lowest BCUT2D eigenvalue weighted by molar-refractivity contribution is -0.133. The number of nitrogens with one attached hydrogen (secondary N) is 1. The highest BCUT2D eigenvalue weighted by Gasteiger charge is 2.67. The molecule has 3 aliphatic carbocycles. The van der Waals surface area contributed by atoms with Gasteiger partial charge in [-0.25, -0.2) is 8.78 Å². The number of hydrogen-bond acceptors (Lipinski definition) is 4. The van der Waals surface area contributed by atoms with Crippen LogP contribution in [0.15, 0.2) is 36.4 Å². The summed E-state index contributed by atoms with van der Waals surface area (Å²) in [6.07, 6.45) is 3.47. The number of fused-ring (bicyclic) bond motifs is 5. The third-order valence-corrected chi connectivity index (χ3v) is 9.47. The number of rotatable bonds is 7. The summed E-state index contributed by atoms with van der Waals surface area (Å²) < 4.78 is 41.6. The van der Waals surface area contributed by atoms with Crippen LogP contribution in [0.5, 0.6) is 17.2 Å². The molecular formula is C30H37F2NO4. The molecule has 2 aromatic carbocycles. The molecule has 0 radical (unpaired) electrons. The zero-order valence-electron chi connectivity index (χ0n) is 21.9. The number of benzene rings is 2. The molecule has 3 aliphatic rings. The topological polar surface area (TPSA) is 67.8 Å². The Bertz CT molecular complexity index is 1150. The minimum absolute atomic E-state index is 0.112. The molecule has 2 N–H and O–H groups in total. The molecule has 2 aromatic rings. The van der Waals surface area contributed by atoms with Gasteiger partial charge < -0.3 is 19.9 Å². The molecular weight excluding hydrogens is 476 g/mol. The van der Waals surface area contributed by atoms with Gasteiger partial charge in [0.2, 0.25) is 5.91 Å². The Hall–Kier alpha value is -2.83. The van der Waals surface area contributed by atoms with Crippen molar-refractivity contribution in [3.63, 3.8) is 0 Å². The monoisotopic (exact) mass is 513 g/mol. The number of carbonyl (C=O) groups is 1. The van der Waals surface area contributed by atoms with Crippen molar-refractivity contribution in [1.82, 2.24) is 5.32 Å². The van der Waals surface area contributed by atoms with Crippen LogP contribution in [0.4, 0.5) is 8.78 Å².